The number of halogens is 3. The third-order valence-electron chi connectivity index (χ3n) is 5.95. The van der Waals surface area contributed by atoms with Crippen LogP contribution in [-0.2, 0) is 0 Å². The molecular weight excluding hydrogens is 391 g/mol. The maximum Gasteiger partial charge on any atom is 0.390 e. The molecule has 0 radical (unpaired) electrons. The highest BCUT2D eigenvalue weighted by Crippen LogP contribution is 2.42. The molecule has 2 aromatic rings. The average Bonchev–Trinajstić information content (AvgIpc) is 2.85. The van der Waals surface area contributed by atoms with E-state index < -0.39 is 12.6 Å². The molecule has 1 saturated heterocycles. The van der Waals surface area contributed by atoms with Gasteiger partial charge in [0.15, 0.2) is 0 Å². The monoisotopic (exact) mass is 419 g/mol. The molecule has 0 bridgehead atoms. The van der Waals surface area contributed by atoms with Gasteiger partial charge in [-0.05, 0) is 37.1 Å². The van der Waals surface area contributed by atoms with Gasteiger partial charge in [0.1, 0.15) is 0 Å². The minimum atomic E-state index is -4.11. The first-order valence-electron chi connectivity index (χ1n) is 10.7. The molecule has 30 heavy (non-hydrogen) atoms. The zero-order chi connectivity index (χ0) is 21.5. The molecule has 0 saturated carbocycles. The minimum Gasteiger partial charge on any atom is -0.370 e. The Bertz CT molecular complexity index is 941. The number of rotatable bonds is 5. The predicted molar refractivity (Wildman–Crippen MR) is 114 cm³/mol. The first-order valence-corrected chi connectivity index (χ1v) is 10.7. The highest BCUT2D eigenvalue weighted by atomic mass is 19.4. The lowest BCUT2D eigenvalue weighted by molar-refractivity contribution is -0.137. The second-order valence-electron chi connectivity index (χ2n) is 8.69. The summed E-state index contributed by atoms with van der Waals surface area (Å²) in [5.74, 6) is 0.418. The molecule has 0 spiro atoms. The van der Waals surface area contributed by atoms with E-state index in [4.69, 9.17) is 0 Å². The fourth-order valence-corrected chi connectivity index (χ4v) is 4.57. The first kappa shape index (κ1) is 21.0. The Labute approximate surface area is 175 Å². The molecule has 0 aliphatic carbocycles. The van der Waals surface area contributed by atoms with Crippen molar-refractivity contribution in [3.05, 3.63) is 35.9 Å². The van der Waals surface area contributed by atoms with Gasteiger partial charge in [0.25, 0.3) is 5.91 Å². The zero-order valence-corrected chi connectivity index (χ0v) is 17.5. The van der Waals surface area contributed by atoms with Gasteiger partial charge in [-0.25, -0.2) is 0 Å². The Morgan fingerprint density at radius 3 is 2.50 bits per heavy atom. The van der Waals surface area contributed by atoms with E-state index in [2.05, 4.69) is 30.9 Å². The van der Waals surface area contributed by atoms with Gasteiger partial charge in [-0.1, -0.05) is 26.0 Å². The van der Waals surface area contributed by atoms with Crippen LogP contribution in [0.5, 0.6) is 0 Å². The van der Waals surface area contributed by atoms with Crippen LogP contribution >= 0.6 is 0 Å². The number of carbonyl (C=O) groups excluding carboxylic acids is 1. The van der Waals surface area contributed by atoms with Crippen molar-refractivity contribution in [2.75, 3.05) is 49.1 Å². The summed E-state index contributed by atoms with van der Waals surface area (Å²) in [6.45, 7) is 7.70. The molecule has 0 N–H and O–H groups in total. The van der Waals surface area contributed by atoms with Gasteiger partial charge in [-0.15, -0.1) is 0 Å². The summed E-state index contributed by atoms with van der Waals surface area (Å²) >= 11 is 0. The Morgan fingerprint density at radius 2 is 1.77 bits per heavy atom. The molecule has 0 atom stereocenters. The van der Waals surface area contributed by atoms with Crippen LogP contribution in [-0.4, -0.2) is 56.3 Å². The molecule has 162 valence electrons. The summed E-state index contributed by atoms with van der Waals surface area (Å²) < 4.78 is 37.8. The number of nitrogens with zero attached hydrogens (tertiary/aromatic N) is 3. The van der Waals surface area contributed by atoms with Crippen molar-refractivity contribution in [1.29, 1.82) is 0 Å². The molecule has 0 aromatic heterocycles. The Kier molecular flexibility index (Phi) is 5.66. The number of benzene rings is 2. The number of hydrogen-bond acceptors (Lipinski definition) is 3. The highest BCUT2D eigenvalue weighted by molar-refractivity contribution is 6.26. The van der Waals surface area contributed by atoms with Crippen LogP contribution in [0.2, 0.25) is 0 Å². The van der Waals surface area contributed by atoms with E-state index in [1.807, 2.05) is 28.0 Å². The molecule has 0 unspecified atom stereocenters. The number of carbonyl (C=O) groups is 1. The van der Waals surface area contributed by atoms with Crippen molar-refractivity contribution in [3.63, 3.8) is 0 Å². The fourth-order valence-electron chi connectivity index (χ4n) is 4.57. The van der Waals surface area contributed by atoms with Crippen molar-refractivity contribution in [2.24, 2.45) is 5.92 Å². The molecule has 7 heteroatoms. The summed E-state index contributed by atoms with van der Waals surface area (Å²) in [5, 5.41) is 2.05. The van der Waals surface area contributed by atoms with E-state index >= 15 is 0 Å². The average molecular weight is 419 g/mol. The van der Waals surface area contributed by atoms with E-state index in [0.29, 0.717) is 32.1 Å². The lowest BCUT2D eigenvalue weighted by atomic mass is 10.0. The van der Waals surface area contributed by atoms with Crippen molar-refractivity contribution < 1.29 is 18.0 Å². The van der Waals surface area contributed by atoms with Crippen LogP contribution in [0.4, 0.5) is 24.5 Å². The Hall–Kier alpha value is -2.28. The summed E-state index contributed by atoms with van der Waals surface area (Å²) in [6.07, 6.45) is -4.06. The zero-order valence-electron chi connectivity index (χ0n) is 17.5. The van der Waals surface area contributed by atoms with E-state index in [1.54, 1.807) is 0 Å². The molecule has 4 rings (SSSR count). The topological polar surface area (TPSA) is 26.8 Å². The SMILES string of the molecule is CC(C)CN1C(=O)c2cccc3c(N4CCCN(CCC(F)(F)F)CC4)ccc1c23. The van der Waals surface area contributed by atoms with Gasteiger partial charge in [0, 0.05) is 54.7 Å². The van der Waals surface area contributed by atoms with Crippen LogP contribution in [0.25, 0.3) is 10.8 Å². The van der Waals surface area contributed by atoms with Gasteiger partial charge in [-0.2, -0.15) is 13.2 Å². The smallest absolute Gasteiger partial charge is 0.370 e. The minimum absolute atomic E-state index is 0.0515. The third-order valence-corrected chi connectivity index (χ3v) is 5.95. The molecule has 1 fully saturated rings. The number of anilines is 2. The van der Waals surface area contributed by atoms with Crippen molar-refractivity contribution in [3.8, 4) is 0 Å². The predicted octanol–water partition coefficient (Wildman–Crippen LogP) is 4.92. The van der Waals surface area contributed by atoms with Crippen LogP contribution in [0.3, 0.4) is 0 Å². The van der Waals surface area contributed by atoms with Gasteiger partial charge in [0.05, 0.1) is 12.1 Å². The first-order chi connectivity index (χ1) is 14.2. The second kappa shape index (κ2) is 8.10. The maximum atomic E-state index is 13.0. The van der Waals surface area contributed by atoms with Crippen molar-refractivity contribution in [2.45, 2.75) is 32.9 Å². The summed E-state index contributed by atoms with van der Waals surface area (Å²) in [4.78, 5) is 19.0. The quantitative estimate of drug-likeness (QED) is 0.688. The number of amides is 1. The molecular formula is C23H28F3N3O. The van der Waals surface area contributed by atoms with Crippen LogP contribution in [0.1, 0.15) is 37.0 Å². The Balaban J connectivity index is 1.59. The molecule has 2 aliphatic heterocycles. The van der Waals surface area contributed by atoms with Crippen molar-refractivity contribution >= 4 is 28.1 Å². The van der Waals surface area contributed by atoms with Crippen LogP contribution in [0.15, 0.2) is 30.3 Å². The van der Waals surface area contributed by atoms with Crippen LogP contribution in [0, 0.1) is 5.92 Å². The van der Waals surface area contributed by atoms with E-state index in [0.717, 1.165) is 40.7 Å². The molecule has 1 amide bonds. The van der Waals surface area contributed by atoms with E-state index in [1.165, 1.54) is 0 Å². The summed E-state index contributed by atoms with van der Waals surface area (Å²) in [7, 11) is 0. The van der Waals surface area contributed by atoms with E-state index in [-0.39, 0.29) is 12.5 Å². The van der Waals surface area contributed by atoms with Crippen LogP contribution < -0.4 is 9.80 Å². The second-order valence-corrected chi connectivity index (χ2v) is 8.69. The van der Waals surface area contributed by atoms with Gasteiger partial charge in [0.2, 0.25) is 0 Å². The lowest BCUT2D eigenvalue weighted by Crippen LogP contribution is -2.33. The van der Waals surface area contributed by atoms with Gasteiger partial charge >= 0.3 is 6.18 Å². The maximum absolute atomic E-state index is 13.0. The molecule has 4 nitrogen and oxygen atoms in total. The Morgan fingerprint density at radius 1 is 1.00 bits per heavy atom. The lowest BCUT2D eigenvalue weighted by Gasteiger charge is -2.26. The molecule has 2 heterocycles. The largest absolute Gasteiger partial charge is 0.390 e. The van der Waals surface area contributed by atoms with Gasteiger partial charge < -0.3 is 14.7 Å². The van der Waals surface area contributed by atoms with E-state index in [9.17, 15) is 18.0 Å². The normalized spacial score (nSPS) is 18.0. The molecule has 2 aromatic carbocycles. The van der Waals surface area contributed by atoms with Crippen molar-refractivity contribution in [1.82, 2.24) is 4.90 Å². The number of hydrogen-bond donors (Lipinski definition) is 0. The standard InChI is InChI=1S/C23H28F3N3O/c1-16(2)15-29-20-8-7-19(17-5-3-6-18(21(17)20)22(29)30)28-11-4-10-27(13-14-28)12-9-23(24,25)26/h3,5-8,16H,4,9-15H2,1-2H3. The number of alkyl halides is 3. The van der Waals surface area contributed by atoms with Gasteiger partial charge in [-0.3, -0.25) is 4.79 Å². The highest BCUT2D eigenvalue weighted by Gasteiger charge is 2.32. The summed E-state index contributed by atoms with van der Waals surface area (Å²) in [5.41, 5.74) is 2.77. The molecule has 2 aliphatic rings. The summed E-state index contributed by atoms with van der Waals surface area (Å²) in [6, 6.07) is 9.96. The fraction of sp³-hybridized carbons (Fsp3) is 0.522. The third kappa shape index (κ3) is 4.13.